The molecule has 0 spiro atoms. The van der Waals surface area contributed by atoms with Crippen LogP contribution < -0.4 is 0 Å². The number of carbonyl (C=O) groups excluding carboxylic acids is 1. The minimum atomic E-state index is -0.292. The van der Waals surface area contributed by atoms with Gasteiger partial charge in [0, 0.05) is 11.1 Å². The van der Waals surface area contributed by atoms with Gasteiger partial charge in [0.05, 0.1) is 18.1 Å². The van der Waals surface area contributed by atoms with Crippen molar-refractivity contribution in [3.63, 3.8) is 0 Å². The molecule has 1 aromatic heterocycles. The van der Waals surface area contributed by atoms with Gasteiger partial charge >= 0.3 is 0 Å². The summed E-state index contributed by atoms with van der Waals surface area (Å²) in [4.78, 5) is 12.9. The highest BCUT2D eigenvalue weighted by atomic mass is 32.1. The molecule has 0 saturated carbocycles. The monoisotopic (exact) mass is 274 g/mol. The first-order valence-electron chi connectivity index (χ1n) is 6.26. The van der Waals surface area contributed by atoms with Gasteiger partial charge in [-0.15, -0.1) is 11.3 Å². The van der Waals surface area contributed by atoms with E-state index in [1.54, 1.807) is 0 Å². The Balaban J connectivity index is 1.77. The Morgan fingerprint density at radius 2 is 1.84 bits per heavy atom. The summed E-state index contributed by atoms with van der Waals surface area (Å²) >= 11 is 1.46. The van der Waals surface area contributed by atoms with E-state index in [-0.39, 0.29) is 12.1 Å². The highest BCUT2D eigenvalue weighted by molar-refractivity contribution is 7.12. The zero-order chi connectivity index (χ0) is 13.1. The van der Waals surface area contributed by atoms with E-state index in [2.05, 4.69) is 0 Å². The van der Waals surface area contributed by atoms with Crippen LogP contribution in [0.4, 0.5) is 0 Å². The molecule has 0 amide bonds. The SMILES string of the molecule is O=C(c1ccc(C2OCCCO2)cc1)c1cccs1. The molecule has 0 radical (unpaired) electrons. The van der Waals surface area contributed by atoms with Crippen molar-refractivity contribution in [3.05, 3.63) is 57.8 Å². The number of ether oxygens (including phenoxy) is 2. The first-order chi connectivity index (χ1) is 9.34. The first kappa shape index (κ1) is 12.5. The van der Waals surface area contributed by atoms with Gasteiger partial charge in [-0.05, 0) is 17.9 Å². The summed E-state index contributed by atoms with van der Waals surface area (Å²) in [6.07, 6.45) is 0.644. The maximum absolute atomic E-state index is 12.1. The van der Waals surface area contributed by atoms with Gasteiger partial charge in [0.1, 0.15) is 0 Å². The van der Waals surface area contributed by atoms with Crippen molar-refractivity contribution in [3.8, 4) is 0 Å². The fourth-order valence-corrected chi connectivity index (χ4v) is 2.71. The Morgan fingerprint density at radius 3 is 2.47 bits per heavy atom. The Labute approximate surface area is 115 Å². The van der Waals surface area contributed by atoms with E-state index in [0.717, 1.165) is 30.1 Å². The summed E-state index contributed by atoms with van der Waals surface area (Å²) in [5, 5.41) is 1.91. The summed E-state index contributed by atoms with van der Waals surface area (Å²) in [7, 11) is 0. The molecule has 0 N–H and O–H groups in total. The smallest absolute Gasteiger partial charge is 0.202 e. The van der Waals surface area contributed by atoms with Crippen LogP contribution in [0.2, 0.25) is 0 Å². The lowest BCUT2D eigenvalue weighted by Gasteiger charge is -2.23. The molecule has 0 aliphatic carbocycles. The van der Waals surface area contributed by atoms with E-state index >= 15 is 0 Å². The minimum Gasteiger partial charge on any atom is -0.348 e. The Kier molecular flexibility index (Phi) is 3.73. The minimum absolute atomic E-state index is 0.0621. The van der Waals surface area contributed by atoms with E-state index < -0.39 is 0 Å². The third-order valence-corrected chi connectivity index (χ3v) is 3.89. The van der Waals surface area contributed by atoms with Crippen LogP contribution >= 0.6 is 11.3 Å². The maximum Gasteiger partial charge on any atom is 0.202 e. The number of carbonyl (C=O) groups is 1. The Bertz CT molecular complexity index is 539. The second kappa shape index (κ2) is 5.65. The molecule has 0 bridgehead atoms. The van der Waals surface area contributed by atoms with E-state index in [0.29, 0.717) is 5.56 Å². The van der Waals surface area contributed by atoms with Crippen LogP contribution in [0.25, 0.3) is 0 Å². The predicted molar refractivity (Wildman–Crippen MR) is 73.5 cm³/mol. The van der Waals surface area contributed by atoms with Gasteiger partial charge in [0.2, 0.25) is 5.78 Å². The van der Waals surface area contributed by atoms with Crippen molar-refractivity contribution in [2.45, 2.75) is 12.7 Å². The molecule has 1 fully saturated rings. The van der Waals surface area contributed by atoms with E-state index in [4.69, 9.17) is 9.47 Å². The zero-order valence-corrected chi connectivity index (χ0v) is 11.2. The van der Waals surface area contributed by atoms with E-state index in [1.165, 1.54) is 11.3 Å². The molecule has 19 heavy (non-hydrogen) atoms. The molecule has 4 heteroatoms. The standard InChI is InChI=1S/C15H14O3S/c16-14(13-3-1-10-19-13)11-4-6-12(7-5-11)15-17-8-2-9-18-15/h1,3-7,10,15H,2,8-9H2. The van der Waals surface area contributed by atoms with Gasteiger partial charge in [-0.2, -0.15) is 0 Å². The summed E-state index contributed by atoms with van der Waals surface area (Å²) in [6.45, 7) is 1.45. The first-order valence-corrected chi connectivity index (χ1v) is 7.14. The second-order valence-electron chi connectivity index (χ2n) is 4.36. The van der Waals surface area contributed by atoms with Crippen molar-refractivity contribution >= 4 is 17.1 Å². The number of thiophene rings is 1. The van der Waals surface area contributed by atoms with Crippen molar-refractivity contribution in [2.24, 2.45) is 0 Å². The summed E-state index contributed by atoms with van der Waals surface area (Å²) in [6, 6.07) is 11.2. The molecule has 2 heterocycles. The normalized spacial score (nSPS) is 16.4. The Morgan fingerprint density at radius 1 is 1.11 bits per heavy atom. The molecule has 1 aliphatic rings. The summed E-state index contributed by atoms with van der Waals surface area (Å²) in [5.41, 5.74) is 1.66. The third kappa shape index (κ3) is 2.76. The average Bonchev–Trinajstić information content (AvgIpc) is 3.02. The topological polar surface area (TPSA) is 35.5 Å². The van der Waals surface area contributed by atoms with Gasteiger partial charge in [-0.1, -0.05) is 30.3 Å². The van der Waals surface area contributed by atoms with Crippen molar-refractivity contribution < 1.29 is 14.3 Å². The highest BCUT2D eigenvalue weighted by Gasteiger charge is 2.17. The lowest BCUT2D eigenvalue weighted by Crippen LogP contribution is -2.17. The largest absolute Gasteiger partial charge is 0.348 e. The van der Waals surface area contributed by atoms with Crippen molar-refractivity contribution in [1.29, 1.82) is 0 Å². The molecule has 1 saturated heterocycles. The van der Waals surface area contributed by atoms with Gasteiger partial charge in [-0.25, -0.2) is 0 Å². The fourth-order valence-electron chi connectivity index (χ4n) is 2.02. The fraction of sp³-hybridized carbons (Fsp3) is 0.267. The molecule has 3 nitrogen and oxygen atoms in total. The molecule has 0 unspecified atom stereocenters. The number of hydrogen-bond donors (Lipinski definition) is 0. The zero-order valence-electron chi connectivity index (χ0n) is 10.4. The van der Waals surface area contributed by atoms with Crippen LogP contribution in [0.3, 0.4) is 0 Å². The van der Waals surface area contributed by atoms with E-state index in [1.807, 2.05) is 41.8 Å². The number of hydrogen-bond acceptors (Lipinski definition) is 4. The van der Waals surface area contributed by atoms with Crippen molar-refractivity contribution in [2.75, 3.05) is 13.2 Å². The lowest BCUT2D eigenvalue weighted by molar-refractivity contribution is -0.183. The van der Waals surface area contributed by atoms with Crippen LogP contribution in [0.1, 0.15) is 33.5 Å². The summed E-state index contributed by atoms with van der Waals surface area (Å²) < 4.78 is 11.1. The predicted octanol–water partition coefficient (Wildman–Crippen LogP) is 3.41. The van der Waals surface area contributed by atoms with Crippen LogP contribution in [0, 0.1) is 0 Å². The van der Waals surface area contributed by atoms with Gasteiger partial charge in [0.15, 0.2) is 6.29 Å². The quantitative estimate of drug-likeness (QED) is 0.805. The lowest BCUT2D eigenvalue weighted by atomic mass is 10.1. The molecular weight excluding hydrogens is 260 g/mol. The van der Waals surface area contributed by atoms with Gasteiger partial charge < -0.3 is 9.47 Å². The van der Waals surface area contributed by atoms with Gasteiger partial charge in [0.25, 0.3) is 0 Å². The molecule has 0 atom stereocenters. The number of rotatable bonds is 3. The molecular formula is C15H14O3S. The van der Waals surface area contributed by atoms with Crippen LogP contribution in [-0.2, 0) is 9.47 Å². The number of benzene rings is 1. The molecule has 1 aromatic carbocycles. The maximum atomic E-state index is 12.1. The second-order valence-corrected chi connectivity index (χ2v) is 5.30. The van der Waals surface area contributed by atoms with Crippen LogP contribution in [0.15, 0.2) is 41.8 Å². The molecule has 3 rings (SSSR count). The number of ketones is 1. The average molecular weight is 274 g/mol. The molecule has 1 aliphatic heterocycles. The molecule has 98 valence electrons. The van der Waals surface area contributed by atoms with Crippen LogP contribution in [-0.4, -0.2) is 19.0 Å². The van der Waals surface area contributed by atoms with Gasteiger partial charge in [-0.3, -0.25) is 4.79 Å². The third-order valence-electron chi connectivity index (χ3n) is 3.02. The Hall–Kier alpha value is -1.49. The highest BCUT2D eigenvalue weighted by Crippen LogP contribution is 2.24. The van der Waals surface area contributed by atoms with Crippen LogP contribution in [0.5, 0.6) is 0 Å². The molecule has 2 aromatic rings. The van der Waals surface area contributed by atoms with E-state index in [9.17, 15) is 4.79 Å². The van der Waals surface area contributed by atoms with Crippen molar-refractivity contribution in [1.82, 2.24) is 0 Å². The summed E-state index contributed by atoms with van der Waals surface area (Å²) in [5.74, 6) is 0.0621.